The van der Waals surface area contributed by atoms with Crippen molar-refractivity contribution in [1.82, 2.24) is 9.88 Å². The van der Waals surface area contributed by atoms with Crippen LogP contribution in [-0.4, -0.2) is 43.2 Å². The Morgan fingerprint density at radius 2 is 2.06 bits per heavy atom. The largest absolute Gasteiger partial charge is 0.459 e. The zero-order valence-corrected chi connectivity index (χ0v) is 18.9. The number of hydrogen-bond acceptors (Lipinski definition) is 8. The van der Waals surface area contributed by atoms with Gasteiger partial charge in [-0.2, -0.15) is 8.42 Å². The average Bonchev–Trinajstić information content (AvgIpc) is 3.52. The molecule has 7 nitrogen and oxygen atoms in total. The lowest BCUT2D eigenvalue weighted by Crippen LogP contribution is -2.42. The Bertz CT molecular complexity index is 1250. The van der Waals surface area contributed by atoms with Gasteiger partial charge in [0.05, 0.1) is 16.5 Å². The van der Waals surface area contributed by atoms with Gasteiger partial charge in [0, 0.05) is 24.0 Å². The minimum atomic E-state index is -3.68. The summed E-state index contributed by atoms with van der Waals surface area (Å²) >= 11 is 3.16. The van der Waals surface area contributed by atoms with Crippen molar-refractivity contribution in [2.24, 2.45) is 10.3 Å². The first kappa shape index (κ1) is 20.3. The third-order valence-corrected chi connectivity index (χ3v) is 8.57. The monoisotopic (exact) mass is 473 g/mol. The molecule has 10 heteroatoms. The molecule has 0 spiro atoms. The molecule has 2 aromatic heterocycles. The van der Waals surface area contributed by atoms with E-state index >= 15 is 0 Å². The van der Waals surface area contributed by atoms with Crippen LogP contribution < -0.4 is 0 Å². The van der Waals surface area contributed by atoms with Gasteiger partial charge < -0.3 is 9.64 Å². The Balaban J connectivity index is 1.24. The molecule has 160 valence electrons. The van der Waals surface area contributed by atoms with Crippen molar-refractivity contribution in [1.29, 1.82) is 0 Å². The number of hydrogen-bond donors (Lipinski definition) is 0. The highest BCUT2D eigenvalue weighted by Gasteiger charge is 2.35. The number of amidine groups is 1. The molecule has 5 rings (SSSR count). The van der Waals surface area contributed by atoms with Crippen LogP contribution in [0.15, 0.2) is 56.5 Å². The van der Waals surface area contributed by atoms with E-state index in [-0.39, 0.29) is 23.4 Å². The van der Waals surface area contributed by atoms with Crippen LogP contribution in [-0.2, 0) is 26.2 Å². The number of carbonyl (C=O) groups is 1. The second-order valence-electron chi connectivity index (χ2n) is 7.40. The lowest BCUT2D eigenvalue weighted by molar-refractivity contribution is -0.151. The molecule has 0 aliphatic carbocycles. The number of ether oxygens (including phenoxy) is 1. The number of piperidine rings is 1. The van der Waals surface area contributed by atoms with Gasteiger partial charge in [-0.25, -0.2) is 4.98 Å². The van der Waals surface area contributed by atoms with E-state index in [2.05, 4.69) is 9.38 Å². The number of carbonyl (C=O) groups excluding carboxylic acids is 1. The van der Waals surface area contributed by atoms with E-state index < -0.39 is 10.0 Å². The third kappa shape index (κ3) is 4.02. The van der Waals surface area contributed by atoms with Crippen LogP contribution in [0.2, 0.25) is 0 Å². The van der Waals surface area contributed by atoms with Crippen molar-refractivity contribution in [2.45, 2.75) is 24.3 Å². The molecule has 1 aromatic carbocycles. The predicted octanol–water partition coefficient (Wildman–Crippen LogP) is 3.78. The molecule has 4 heterocycles. The predicted molar refractivity (Wildman–Crippen MR) is 120 cm³/mol. The molecule has 1 saturated heterocycles. The Morgan fingerprint density at radius 3 is 2.90 bits per heavy atom. The molecule has 1 fully saturated rings. The van der Waals surface area contributed by atoms with Gasteiger partial charge >= 0.3 is 5.97 Å². The van der Waals surface area contributed by atoms with Crippen LogP contribution in [0.5, 0.6) is 0 Å². The summed E-state index contributed by atoms with van der Waals surface area (Å²) in [5, 5.41) is 4.83. The smallest absolute Gasteiger partial charge is 0.311 e. The van der Waals surface area contributed by atoms with E-state index in [0.717, 1.165) is 22.0 Å². The molecule has 0 amide bonds. The summed E-state index contributed by atoms with van der Waals surface area (Å²) in [6, 6.07) is 10.8. The molecule has 1 atom stereocenters. The van der Waals surface area contributed by atoms with Crippen LogP contribution in [0, 0.1) is 5.92 Å². The molecular formula is C21H19N3O4S3. The van der Waals surface area contributed by atoms with Gasteiger partial charge in [-0.05, 0) is 36.4 Å². The standard InChI is InChI=1S/C21H19N3O4S3/c25-21(28-12-15-13-30-20(22-15)17-7-4-10-29-17)14-5-3-9-24(11-14)19-16-6-1-2-8-18(16)31(26,27)23-19/h1-2,4,6-8,10,13-14H,3,5,9,11-12H2. The number of fused-ring (bicyclic) bond motifs is 1. The highest BCUT2D eigenvalue weighted by atomic mass is 32.2. The average molecular weight is 474 g/mol. The van der Waals surface area contributed by atoms with Gasteiger partial charge in [-0.3, -0.25) is 4.79 Å². The second-order valence-corrected chi connectivity index (χ2v) is 10.8. The molecule has 1 unspecified atom stereocenters. The molecule has 0 N–H and O–H groups in total. The number of thiophene rings is 1. The first-order valence-electron chi connectivity index (χ1n) is 9.85. The number of rotatable bonds is 4. The molecule has 2 aliphatic heterocycles. The SMILES string of the molecule is O=C(OCc1csc(-c2cccs2)n1)C1CCCN(C2=NS(=O)(=O)c3ccccc32)C1. The normalized spacial score (nSPS) is 19.7. The molecular weight excluding hydrogens is 454 g/mol. The topological polar surface area (TPSA) is 88.9 Å². The first-order chi connectivity index (χ1) is 15.0. The van der Waals surface area contributed by atoms with E-state index in [1.54, 1.807) is 35.6 Å². The van der Waals surface area contributed by atoms with E-state index in [4.69, 9.17) is 4.74 Å². The summed E-state index contributed by atoms with van der Waals surface area (Å²) in [6.07, 6.45) is 1.47. The first-order valence-corrected chi connectivity index (χ1v) is 13.1. The fourth-order valence-electron chi connectivity index (χ4n) is 3.83. The summed E-state index contributed by atoms with van der Waals surface area (Å²) in [5.74, 6) is -0.194. The fourth-order valence-corrected chi connectivity index (χ4v) is 6.67. The summed E-state index contributed by atoms with van der Waals surface area (Å²) in [6.45, 7) is 1.18. The summed E-state index contributed by atoms with van der Waals surface area (Å²) in [4.78, 5) is 20.5. The highest BCUT2D eigenvalue weighted by molar-refractivity contribution is 7.90. The lowest BCUT2D eigenvalue weighted by atomic mass is 9.97. The number of aromatic nitrogens is 1. The van der Waals surface area contributed by atoms with Crippen molar-refractivity contribution in [3.8, 4) is 9.88 Å². The van der Waals surface area contributed by atoms with Crippen LogP contribution >= 0.6 is 22.7 Å². The van der Waals surface area contributed by atoms with Gasteiger partial charge in [-0.1, -0.05) is 18.2 Å². The maximum absolute atomic E-state index is 12.7. The van der Waals surface area contributed by atoms with Gasteiger partial charge in [0.15, 0.2) is 5.84 Å². The van der Waals surface area contributed by atoms with Crippen LogP contribution in [0.1, 0.15) is 24.1 Å². The number of likely N-dealkylation sites (tertiary alicyclic amines) is 1. The van der Waals surface area contributed by atoms with Crippen LogP contribution in [0.3, 0.4) is 0 Å². The number of nitrogens with zero attached hydrogens (tertiary/aromatic N) is 3. The minimum Gasteiger partial charge on any atom is -0.459 e. The van der Waals surface area contributed by atoms with Gasteiger partial charge in [0.2, 0.25) is 0 Å². The Morgan fingerprint density at radius 1 is 1.19 bits per heavy atom. The zero-order valence-electron chi connectivity index (χ0n) is 16.4. The summed E-state index contributed by atoms with van der Waals surface area (Å²) in [5.41, 5.74) is 1.33. The molecule has 3 aromatic rings. The molecule has 0 radical (unpaired) electrons. The molecule has 2 aliphatic rings. The van der Waals surface area contributed by atoms with Crippen molar-refractivity contribution in [3.05, 3.63) is 58.4 Å². The number of benzene rings is 1. The quantitative estimate of drug-likeness (QED) is 0.536. The third-order valence-electron chi connectivity index (χ3n) is 5.31. The second kappa shape index (κ2) is 8.18. The number of thiazole rings is 1. The number of esters is 1. The molecule has 31 heavy (non-hydrogen) atoms. The summed E-state index contributed by atoms with van der Waals surface area (Å²) in [7, 11) is -3.68. The van der Waals surface area contributed by atoms with Gasteiger partial charge in [-0.15, -0.1) is 27.1 Å². The van der Waals surface area contributed by atoms with Crippen molar-refractivity contribution < 1.29 is 17.9 Å². The molecule has 0 saturated carbocycles. The van der Waals surface area contributed by atoms with E-state index in [0.29, 0.717) is 30.9 Å². The Hall–Kier alpha value is -2.56. The van der Waals surface area contributed by atoms with Crippen molar-refractivity contribution in [3.63, 3.8) is 0 Å². The van der Waals surface area contributed by atoms with Gasteiger partial charge in [0.25, 0.3) is 10.0 Å². The lowest BCUT2D eigenvalue weighted by Gasteiger charge is -2.32. The summed E-state index contributed by atoms with van der Waals surface area (Å²) < 4.78 is 34.2. The molecule has 0 bridgehead atoms. The highest BCUT2D eigenvalue weighted by Crippen LogP contribution is 2.31. The van der Waals surface area contributed by atoms with E-state index in [9.17, 15) is 13.2 Å². The maximum Gasteiger partial charge on any atom is 0.311 e. The van der Waals surface area contributed by atoms with Crippen molar-refractivity contribution in [2.75, 3.05) is 13.1 Å². The fraction of sp³-hybridized carbons (Fsp3) is 0.286. The minimum absolute atomic E-state index is 0.134. The zero-order chi connectivity index (χ0) is 21.4. The van der Waals surface area contributed by atoms with Gasteiger partial charge in [0.1, 0.15) is 16.5 Å². The Kier molecular flexibility index (Phi) is 5.37. The number of sulfonamides is 1. The van der Waals surface area contributed by atoms with Crippen LogP contribution in [0.4, 0.5) is 0 Å². The van der Waals surface area contributed by atoms with E-state index in [1.165, 1.54) is 11.3 Å². The van der Waals surface area contributed by atoms with E-state index in [1.807, 2.05) is 27.8 Å². The maximum atomic E-state index is 12.7. The Labute approximate surface area is 188 Å². The van der Waals surface area contributed by atoms with Crippen molar-refractivity contribution >= 4 is 44.5 Å². The van der Waals surface area contributed by atoms with Crippen LogP contribution in [0.25, 0.3) is 9.88 Å².